The fourth-order valence-electron chi connectivity index (χ4n) is 2.30. The molecule has 0 aliphatic carbocycles. The second-order valence-corrected chi connectivity index (χ2v) is 7.25. The molecule has 0 saturated heterocycles. The number of halogens is 1. The molecule has 1 aromatic heterocycles. The number of thiazole rings is 1. The number of carbonyl (C=O) groups excluding carboxylic acids is 1. The number of anilines is 2. The minimum Gasteiger partial charge on any atom is -0.481 e. The van der Waals surface area contributed by atoms with Gasteiger partial charge in [0.25, 0.3) is 5.91 Å². The minimum absolute atomic E-state index is 0.163. The Hall–Kier alpha value is -2.18. The highest BCUT2D eigenvalue weighted by molar-refractivity contribution is 9.10. The quantitative estimate of drug-likeness (QED) is 0.562. The molecule has 1 atom stereocenters. The van der Waals surface area contributed by atoms with E-state index in [-0.39, 0.29) is 5.91 Å². The molecule has 3 aromatic rings. The van der Waals surface area contributed by atoms with E-state index in [1.165, 1.54) is 11.3 Å². The summed E-state index contributed by atoms with van der Waals surface area (Å²) in [6.07, 6.45) is -0.648. The van der Waals surface area contributed by atoms with Gasteiger partial charge in [0.2, 0.25) is 0 Å². The van der Waals surface area contributed by atoms with Gasteiger partial charge in [-0.05, 0) is 50.2 Å². The fourth-order valence-corrected chi connectivity index (χ4v) is 3.39. The van der Waals surface area contributed by atoms with Gasteiger partial charge in [0.1, 0.15) is 5.75 Å². The average molecular weight is 417 g/mol. The van der Waals surface area contributed by atoms with Gasteiger partial charge >= 0.3 is 0 Å². The van der Waals surface area contributed by atoms with E-state index in [1.54, 1.807) is 11.8 Å². The number of benzene rings is 2. The number of nitrogens with zero attached hydrogens (tertiary/aromatic N) is 2. The molecule has 1 heterocycles. The Morgan fingerprint density at radius 2 is 1.84 bits per heavy atom. The molecule has 128 valence electrons. The maximum atomic E-state index is 13.1. The smallest absolute Gasteiger partial charge is 0.274 e. The van der Waals surface area contributed by atoms with Gasteiger partial charge in [-0.3, -0.25) is 9.69 Å². The zero-order valence-corrected chi connectivity index (χ0v) is 16.3. The number of aryl methyl sites for hydroxylation is 1. The van der Waals surface area contributed by atoms with Gasteiger partial charge in [-0.2, -0.15) is 0 Å². The van der Waals surface area contributed by atoms with Crippen LogP contribution in [0.2, 0.25) is 0 Å². The maximum Gasteiger partial charge on any atom is 0.274 e. The number of rotatable bonds is 5. The number of ether oxygens (including phenoxy) is 1. The van der Waals surface area contributed by atoms with Crippen LogP contribution in [0.15, 0.2) is 64.5 Å². The maximum absolute atomic E-state index is 13.1. The lowest BCUT2D eigenvalue weighted by atomic mass is 10.2. The summed E-state index contributed by atoms with van der Waals surface area (Å²) < 4.78 is 6.79. The van der Waals surface area contributed by atoms with E-state index in [4.69, 9.17) is 4.74 Å². The molecule has 2 aromatic carbocycles. The largest absolute Gasteiger partial charge is 0.481 e. The number of hydrogen-bond donors (Lipinski definition) is 0. The molecule has 0 fully saturated rings. The zero-order valence-electron chi connectivity index (χ0n) is 13.8. The molecule has 6 heteroatoms. The van der Waals surface area contributed by atoms with E-state index in [1.807, 2.05) is 66.9 Å². The van der Waals surface area contributed by atoms with Crippen molar-refractivity contribution in [2.24, 2.45) is 0 Å². The number of carbonyl (C=O) groups is 1. The average Bonchev–Trinajstić information content (AvgIpc) is 3.04. The van der Waals surface area contributed by atoms with E-state index in [0.29, 0.717) is 10.9 Å². The third-order valence-corrected chi connectivity index (χ3v) is 4.98. The zero-order chi connectivity index (χ0) is 17.8. The summed E-state index contributed by atoms with van der Waals surface area (Å²) in [6, 6.07) is 16.9. The Kier molecular flexibility index (Phi) is 5.50. The van der Waals surface area contributed by atoms with Gasteiger partial charge < -0.3 is 4.74 Å². The van der Waals surface area contributed by atoms with Crippen LogP contribution in [-0.4, -0.2) is 17.0 Å². The van der Waals surface area contributed by atoms with Crippen LogP contribution in [0, 0.1) is 6.92 Å². The van der Waals surface area contributed by atoms with Gasteiger partial charge in [-0.25, -0.2) is 4.98 Å². The standard InChI is InChI=1S/C19H17BrN2O2S/c1-13-12-25-19(21-13)22(16-6-4-3-5-7-16)18(23)14(2)24-17-10-8-15(20)9-11-17/h3-12,14H,1-2H3. The Balaban J connectivity index is 1.87. The van der Waals surface area contributed by atoms with E-state index >= 15 is 0 Å². The van der Waals surface area contributed by atoms with Crippen LogP contribution in [0.4, 0.5) is 10.8 Å². The van der Waals surface area contributed by atoms with Crippen LogP contribution in [0.3, 0.4) is 0 Å². The SMILES string of the molecule is Cc1csc(N(C(=O)C(C)Oc2ccc(Br)cc2)c2ccccc2)n1. The van der Waals surface area contributed by atoms with E-state index in [0.717, 1.165) is 15.9 Å². The summed E-state index contributed by atoms with van der Waals surface area (Å²) in [5.74, 6) is 0.482. The molecular weight excluding hydrogens is 400 g/mol. The molecule has 0 saturated carbocycles. The van der Waals surface area contributed by atoms with Gasteiger partial charge in [0, 0.05) is 9.85 Å². The van der Waals surface area contributed by atoms with Crippen LogP contribution in [0.1, 0.15) is 12.6 Å². The first-order valence-corrected chi connectivity index (χ1v) is 9.45. The molecule has 0 N–H and O–H groups in total. The lowest BCUT2D eigenvalue weighted by molar-refractivity contribution is -0.123. The van der Waals surface area contributed by atoms with E-state index < -0.39 is 6.10 Å². The summed E-state index contributed by atoms with van der Waals surface area (Å²) in [5.41, 5.74) is 1.66. The second kappa shape index (κ2) is 7.80. The first kappa shape index (κ1) is 17.6. The van der Waals surface area contributed by atoms with Crippen LogP contribution in [0.25, 0.3) is 0 Å². The highest BCUT2D eigenvalue weighted by Crippen LogP contribution is 2.30. The van der Waals surface area contributed by atoms with Crippen LogP contribution in [-0.2, 0) is 4.79 Å². The van der Waals surface area contributed by atoms with Crippen molar-refractivity contribution < 1.29 is 9.53 Å². The van der Waals surface area contributed by atoms with Gasteiger partial charge in [-0.1, -0.05) is 34.1 Å². The molecule has 25 heavy (non-hydrogen) atoms. The summed E-state index contributed by atoms with van der Waals surface area (Å²) >= 11 is 4.83. The molecule has 0 aliphatic rings. The van der Waals surface area contributed by atoms with Crippen molar-refractivity contribution in [1.29, 1.82) is 0 Å². The number of para-hydroxylation sites is 1. The van der Waals surface area contributed by atoms with Crippen molar-refractivity contribution in [3.8, 4) is 5.75 Å². The second-order valence-electron chi connectivity index (χ2n) is 5.49. The lowest BCUT2D eigenvalue weighted by Gasteiger charge is -2.24. The number of aromatic nitrogens is 1. The molecule has 1 amide bonds. The van der Waals surface area contributed by atoms with Gasteiger partial charge in [0.15, 0.2) is 11.2 Å². The summed E-state index contributed by atoms with van der Waals surface area (Å²) in [5, 5.41) is 2.57. The summed E-state index contributed by atoms with van der Waals surface area (Å²) in [4.78, 5) is 19.2. The predicted octanol–water partition coefficient (Wildman–Crippen LogP) is 5.35. The fraction of sp³-hybridized carbons (Fsp3) is 0.158. The molecule has 0 radical (unpaired) electrons. The van der Waals surface area contributed by atoms with Crippen molar-refractivity contribution in [1.82, 2.24) is 4.98 Å². The molecule has 0 bridgehead atoms. The first-order chi connectivity index (χ1) is 12.0. The number of amides is 1. The minimum atomic E-state index is -0.648. The molecule has 3 rings (SSSR count). The Morgan fingerprint density at radius 1 is 1.16 bits per heavy atom. The van der Waals surface area contributed by atoms with Gasteiger partial charge in [0.05, 0.1) is 11.4 Å². The first-order valence-electron chi connectivity index (χ1n) is 7.78. The molecular formula is C19H17BrN2O2S. The lowest BCUT2D eigenvalue weighted by Crippen LogP contribution is -2.37. The molecule has 1 unspecified atom stereocenters. The Labute approximate surface area is 159 Å². The van der Waals surface area contributed by atoms with Crippen molar-refractivity contribution >= 4 is 44.0 Å². The topological polar surface area (TPSA) is 42.4 Å². The summed E-state index contributed by atoms with van der Waals surface area (Å²) in [7, 11) is 0. The Morgan fingerprint density at radius 3 is 2.44 bits per heavy atom. The molecule has 0 aliphatic heterocycles. The van der Waals surface area contributed by atoms with Crippen LogP contribution < -0.4 is 9.64 Å². The highest BCUT2D eigenvalue weighted by Gasteiger charge is 2.27. The van der Waals surface area contributed by atoms with Crippen LogP contribution >= 0.6 is 27.3 Å². The number of hydrogen-bond acceptors (Lipinski definition) is 4. The normalized spacial score (nSPS) is 11.8. The van der Waals surface area contributed by atoms with E-state index in [9.17, 15) is 4.79 Å². The predicted molar refractivity (Wildman–Crippen MR) is 105 cm³/mol. The van der Waals surface area contributed by atoms with Gasteiger partial charge in [-0.15, -0.1) is 11.3 Å². The monoisotopic (exact) mass is 416 g/mol. The van der Waals surface area contributed by atoms with Crippen molar-refractivity contribution in [3.05, 3.63) is 70.1 Å². The highest BCUT2D eigenvalue weighted by atomic mass is 79.9. The third-order valence-electron chi connectivity index (χ3n) is 3.51. The molecule has 4 nitrogen and oxygen atoms in total. The van der Waals surface area contributed by atoms with Crippen molar-refractivity contribution in [2.75, 3.05) is 4.90 Å². The molecule has 0 spiro atoms. The summed E-state index contributed by atoms with van der Waals surface area (Å²) in [6.45, 7) is 3.66. The van der Waals surface area contributed by atoms with E-state index in [2.05, 4.69) is 20.9 Å². The Bertz CT molecular complexity index is 849. The van der Waals surface area contributed by atoms with Crippen molar-refractivity contribution in [2.45, 2.75) is 20.0 Å². The third kappa shape index (κ3) is 4.27. The van der Waals surface area contributed by atoms with Crippen molar-refractivity contribution in [3.63, 3.8) is 0 Å². The van der Waals surface area contributed by atoms with Crippen LogP contribution in [0.5, 0.6) is 5.75 Å².